The summed E-state index contributed by atoms with van der Waals surface area (Å²) in [6.45, 7) is 1.85. The summed E-state index contributed by atoms with van der Waals surface area (Å²) in [6, 6.07) is 0. The van der Waals surface area contributed by atoms with Gasteiger partial charge in [0.2, 0.25) is 0 Å². The van der Waals surface area contributed by atoms with E-state index in [0.717, 1.165) is 5.48 Å². The highest BCUT2D eigenvalue weighted by molar-refractivity contribution is 5.67. The van der Waals surface area contributed by atoms with Crippen LogP contribution in [0.5, 0.6) is 0 Å². The summed E-state index contributed by atoms with van der Waals surface area (Å²) in [6.07, 6.45) is -0.928. The molecule has 0 aliphatic carbocycles. The molecule has 42 valence electrons. The number of hydrogen-bond donors (Lipinski definition) is 1. The Kier molecular flexibility index (Phi) is 3.04. The SMILES string of the molecule is CCOC(=O)N[O-]. The predicted octanol–water partition coefficient (Wildman–Crippen LogP) is 0.230. The van der Waals surface area contributed by atoms with Crippen molar-refractivity contribution in [3.8, 4) is 0 Å². The maximum Gasteiger partial charge on any atom is 0.396 e. The smallest absolute Gasteiger partial charge is 0.396 e. The van der Waals surface area contributed by atoms with Crippen molar-refractivity contribution >= 4 is 6.09 Å². The van der Waals surface area contributed by atoms with Crippen molar-refractivity contribution in [3.63, 3.8) is 0 Å². The maximum atomic E-state index is 9.77. The fraction of sp³-hybridized carbons (Fsp3) is 0.667. The first-order chi connectivity index (χ1) is 3.31. The van der Waals surface area contributed by atoms with Gasteiger partial charge in [0.25, 0.3) is 0 Å². The molecule has 0 unspecified atom stereocenters. The Labute approximate surface area is 41.0 Å². The molecule has 0 heterocycles. The van der Waals surface area contributed by atoms with E-state index < -0.39 is 6.09 Å². The Balaban J connectivity index is 3.00. The fourth-order valence-electron chi connectivity index (χ4n) is 0.161. The molecule has 4 heteroatoms. The lowest BCUT2D eigenvalue weighted by Crippen LogP contribution is -2.16. The van der Waals surface area contributed by atoms with Crippen LogP contribution >= 0.6 is 0 Å². The molecule has 7 heavy (non-hydrogen) atoms. The Morgan fingerprint density at radius 3 is 2.71 bits per heavy atom. The lowest BCUT2D eigenvalue weighted by atomic mass is 10.9. The molecule has 4 nitrogen and oxygen atoms in total. The summed E-state index contributed by atoms with van der Waals surface area (Å²) in [5, 5.41) is 9.30. The molecule has 0 fully saturated rings. The summed E-state index contributed by atoms with van der Waals surface area (Å²) in [5.74, 6) is 0. The molecule has 0 rings (SSSR count). The average Bonchev–Trinajstić information content (AvgIpc) is 1.68. The van der Waals surface area contributed by atoms with Crippen LogP contribution in [-0.4, -0.2) is 12.7 Å². The van der Waals surface area contributed by atoms with Crippen LogP contribution < -0.4 is 5.48 Å². The highest BCUT2D eigenvalue weighted by atomic mass is 16.6. The molecule has 0 bridgehead atoms. The van der Waals surface area contributed by atoms with Gasteiger partial charge in [0.15, 0.2) is 0 Å². The number of rotatable bonds is 1. The highest BCUT2D eigenvalue weighted by Gasteiger charge is 1.85. The summed E-state index contributed by atoms with van der Waals surface area (Å²) in [5.41, 5.74) is 1.05. The molecule has 0 spiro atoms. The third-order valence-electron chi connectivity index (χ3n) is 0.359. The highest BCUT2D eigenvalue weighted by Crippen LogP contribution is 1.71. The second-order valence-electron chi connectivity index (χ2n) is 0.823. The lowest BCUT2D eigenvalue weighted by Gasteiger charge is -2.04. The maximum absolute atomic E-state index is 9.77. The van der Waals surface area contributed by atoms with Crippen molar-refractivity contribution in [2.75, 3.05) is 6.61 Å². The van der Waals surface area contributed by atoms with Gasteiger partial charge in [-0.05, 0) is 6.92 Å². The van der Waals surface area contributed by atoms with Gasteiger partial charge in [-0.3, -0.25) is 0 Å². The van der Waals surface area contributed by atoms with Crippen LogP contribution in [0.1, 0.15) is 6.92 Å². The van der Waals surface area contributed by atoms with Gasteiger partial charge < -0.3 is 15.4 Å². The van der Waals surface area contributed by atoms with Gasteiger partial charge in [0, 0.05) is 0 Å². The van der Waals surface area contributed by atoms with Crippen molar-refractivity contribution in [3.05, 3.63) is 5.21 Å². The van der Waals surface area contributed by atoms with Crippen LogP contribution in [0.25, 0.3) is 0 Å². The molecule has 0 radical (unpaired) electrons. The zero-order valence-electron chi connectivity index (χ0n) is 3.93. The predicted molar refractivity (Wildman–Crippen MR) is 23.5 cm³/mol. The molecule has 0 aliphatic rings. The van der Waals surface area contributed by atoms with Crippen molar-refractivity contribution in [2.45, 2.75) is 6.92 Å². The molecule has 1 amide bonds. The lowest BCUT2D eigenvalue weighted by molar-refractivity contribution is 0.156. The van der Waals surface area contributed by atoms with Crippen LogP contribution in [-0.2, 0) is 4.74 Å². The van der Waals surface area contributed by atoms with Gasteiger partial charge in [-0.25, -0.2) is 4.79 Å². The molecular weight excluding hydrogens is 98.0 g/mol. The minimum Gasteiger partial charge on any atom is -0.756 e. The normalized spacial score (nSPS) is 7.71. The molecule has 0 saturated carbocycles. The third kappa shape index (κ3) is 3.05. The van der Waals surface area contributed by atoms with Gasteiger partial charge in [-0.2, -0.15) is 0 Å². The number of amides is 1. The molecule has 0 saturated heterocycles. The van der Waals surface area contributed by atoms with E-state index in [1.54, 1.807) is 6.92 Å². The summed E-state index contributed by atoms with van der Waals surface area (Å²) in [4.78, 5) is 9.77. The standard InChI is InChI=1S/C3H6NO3/c1-2-7-3(5)4-6/h2H2,1H3,(H-,4,5,6)/q-1. The average molecular weight is 104 g/mol. The van der Waals surface area contributed by atoms with E-state index in [9.17, 15) is 10.0 Å². The van der Waals surface area contributed by atoms with E-state index in [2.05, 4.69) is 4.74 Å². The largest absolute Gasteiger partial charge is 0.756 e. The molecular formula is C3H6NO3-. The van der Waals surface area contributed by atoms with Crippen molar-refractivity contribution < 1.29 is 9.53 Å². The topological polar surface area (TPSA) is 61.4 Å². The summed E-state index contributed by atoms with van der Waals surface area (Å²) in [7, 11) is 0. The Bertz CT molecular complexity index is 63.2. The first-order valence-electron chi connectivity index (χ1n) is 1.86. The van der Waals surface area contributed by atoms with Crippen molar-refractivity contribution in [2.24, 2.45) is 0 Å². The zero-order chi connectivity index (χ0) is 5.70. The van der Waals surface area contributed by atoms with E-state index in [1.807, 2.05) is 0 Å². The first-order valence-corrected chi connectivity index (χ1v) is 1.86. The first kappa shape index (κ1) is 6.23. The Morgan fingerprint density at radius 2 is 2.57 bits per heavy atom. The second kappa shape index (κ2) is 3.42. The molecule has 1 N–H and O–H groups in total. The Hall–Kier alpha value is -0.770. The number of ether oxygens (including phenoxy) is 1. The van der Waals surface area contributed by atoms with E-state index in [4.69, 9.17) is 0 Å². The minimum absolute atomic E-state index is 0.230. The minimum atomic E-state index is -0.928. The molecule has 0 aliphatic heterocycles. The number of hydrogen-bond acceptors (Lipinski definition) is 3. The number of carbonyl (C=O) groups excluding carboxylic acids is 1. The summed E-state index contributed by atoms with van der Waals surface area (Å²) >= 11 is 0. The summed E-state index contributed by atoms with van der Waals surface area (Å²) < 4.78 is 4.13. The van der Waals surface area contributed by atoms with Crippen LogP contribution in [0.3, 0.4) is 0 Å². The zero-order valence-corrected chi connectivity index (χ0v) is 3.93. The molecule has 0 aromatic carbocycles. The van der Waals surface area contributed by atoms with E-state index in [0.29, 0.717) is 0 Å². The van der Waals surface area contributed by atoms with E-state index in [1.165, 1.54) is 0 Å². The second-order valence-corrected chi connectivity index (χ2v) is 0.823. The van der Waals surface area contributed by atoms with Gasteiger partial charge in [0.05, 0.1) is 6.61 Å². The molecule has 0 aromatic heterocycles. The quantitative estimate of drug-likeness (QED) is 0.484. The van der Waals surface area contributed by atoms with Crippen molar-refractivity contribution in [1.29, 1.82) is 0 Å². The van der Waals surface area contributed by atoms with Gasteiger partial charge in [-0.1, -0.05) is 0 Å². The van der Waals surface area contributed by atoms with Crippen molar-refractivity contribution in [1.82, 2.24) is 5.48 Å². The Morgan fingerprint density at radius 1 is 2.00 bits per heavy atom. The van der Waals surface area contributed by atoms with Gasteiger partial charge in [0.1, 0.15) is 0 Å². The van der Waals surface area contributed by atoms with Crippen LogP contribution in [0, 0.1) is 5.21 Å². The monoisotopic (exact) mass is 104 g/mol. The van der Waals surface area contributed by atoms with Crippen LogP contribution in [0.4, 0.5) is 4.79 Å². The van der Waals surface area contributed by atoms with Crippen LogP contribution in [0.2, 0.25) is 0 Å². The van der Waals surface area contributed by atoms with Gasteiger partial charge >= 0.3 is 6.09 Å². The third-order valence-corrected chi connectivity index (χ3v) is 0.359. The fourth-order valence-corrected chi connectivity index (χ4v) is 0.161. The number of hydroxylamine groups is 1. The van der Waals surface area contributed by atoms with Gasteiger partial charge in [-0.15, -0.1) is 0 Å². The number of nitrogens with one attached hydrogen (secondary N) is 1. The van der Waals surface area contributed by atoms with E-state index >= 15 is 0 Å². The molecule has 0 aromatic rings. The number of carbonyl (C=O) groups is 1. The van der Waals surface area contributed by atoms with Crippen LogP contribution in [0.15, 0.2) is 0 Å². The van der Waals surface area contributed by atoms with E-state index in [-0.39, 0.29) is 6.61 Å². The molecule has 0 atom stereocenters.